The molecule has 6 nitrogen and oxygen atoms in total. The molecule has 0 spiro atoms. The van der Waals surface area contributed by atoms with Crippen molar-refractivity contribution in [1.29, 1.82) is 0 Å². The number of rotatable bonds is 7. The molecule has 7 heteroatoms. The van der Waals surface area contributed by atoms with Crippen molar-refractivity contribution in [3.8, 4) is 0 Å². The third kappa shape index (κ3) is 4.30. The van der Waals surface area contributed by atoms with Crippen LogP contribution in [0.15, 0.2) is 4.79 Å². The van der Waals surface area contributed by atoms with Gasteiger partial charge in [-0.25, -0.2) is 9.78 Å². The molecule has 1 aliphatic carbocycles. The summed E-state index contributed by atoms with van der Waals surface area (Å²) in [5.74, 6) is 0.386. The average Bonchev–Trinajstić information content (AvgIpc) is 3.02. The molecule has 0 aromatic carbocycles. The molecular weight excluding hydrogens is 374 g/mol. The van der Waals surface area contributed by atoms with Crippen LogP contribution >= 0.6 is 11.3 Å². The van der Waals surface area contributed by atoms with Gasteiger partial charge in [-0.1, -0.05) is 20.3 Å². The Hall–Kier alpha value is -1.73. The topological polar surface area (TPSA) is 64.4 Å². The van der Waals surface area contributed by atoms with Gasteiger partial charge >= 0.3 is 5.97 Å². The summed E-state index contributed by atoms with van der Waals surface area (Å²) in [6, 6.07) is 0. The largest absolute Gasteiger partial charge is 0.458 e. The van der Waals surface area contributed by atoms with Gasteiger partial charge in [0.15, 0.2) is 0 Å². The number of likely N-dealkylation sites (N-methyl/N-ethyl adjacent to an activating group) is 1. The van der Waals surface area contributed by atoms with Gasteiger partial charge in [0.25, 0.3) is 5.56 Å². The highest BCUT2D eigenvalue weighted by molar-refractivity contribution is 7.20. The van der Waals surface area contributed by atoms with Crippen LogP contribution in [-0.4, -0.2) is 46.2 Å². The average molecular weight is 406 g/mol. The molecule has 2 aromatic heterocycles. The fourth-order valence-corrected chi connectivity index (χ4v) is 5.05. The molecule has 1 fully saturated rings. The van der Waals surface area contributed by atoms with E-state index in [0.717, 1.165) is 45.3 Å². The zero-order valence-corrected chi connectivity index (χ0v) is 18.2. The number of ether oxygens (including phenoxy) is 1. The lowest BCUT2D eigenvalue weighted by Crippen LogP contribution is -2.32. The Bertz CT molecular complexity index is 892. The summed E-state index contributed by atoms with van der Waals surface area (Å²) >= 11 is 1.28. The predicted octanol–water partition coefficient (Wildman–Crippen LogP) is 3.91. The maximum Gasteiger partial charge on any atom is 0.348 e. The molecule has 0 amide bonds. The lowest BCUT2D eigenvalue weighted by molar-refractivity contribution is 0.0216. The van der Waals surface area contributed by atoms with Gasteiger partial charge in [-0.05, 0) is 58.2 Å². The van der Waals surface area contributed by atoms with Gasteiger partial charge < -0.3 is 9.64 Å². The molecular formula is C21H31N3O3S. The minimum Gasteiger partial charge on any atom is -0.458 e. The molecule has 0 N–H and O–H groups in total. The molecule has 0 unspecified atom stereocenters. The van der Waals surface area contributed by atoms with Gasteiger partial charge in [-0.3, -0.25) is 9.36 Å². The first-order chi connectivity index (χ1) is 13.5. The molecule has 2 aromatic rings. The van der Waals surface area contributed by atoms with Crippen LogP contribution in [0.1, 0.15) is 67.0 Å². The van der Waals surface area contributed by atoms with Crippen molar-refractivity contribution < 1.29 is 9.53 Å². The second-order valence-electron chi connectivity index (χ2n) is 7.54. The second-order valence-corrected chi connectivity index (χ2v) is 8.54. The Balaban J connectivity index is 1.89. The van der Waals surface area contributed by atoms with Crippen LogP contribution in [0, 0.1) is 13.8 Å². The van der Waals surface area contributed by atoms with Gasteiger partial charge in [0.2, 0.25) is 0 Å². The van der Waals surface area contributed by atoms with Crippen molar-refractivity contribution in [2.45, 2.75) is 72.4 Å². The molecule has 1 aliphatic rings. The Morgan fingerprint density at radius 1 is 1.21 bits per heavy atom. The summed E-state index contributed by atoms with van der Waals surface area (Å²) < 4.78 is 7.46. The number of carbonyl (C=O) groups excluding carboxylic acids is 1. The normalized spacial score (nSPS) is 15.5. The van der Waals surface area contributed by atoms with Crippen LogP contribution in [0.25, 0.3) is 10.2 Å². The zero-order chi connectivity index (χ0) is 20.3. The van der Waals surface area contributed by atoms with Crippen molar-refractivity contribution in [3.05, 3.63) is 26.6 Å². The molecule has 0 aliphatic heterocycles. The number of aromatic nitrogens is 2. The fraction of sp³-hybridized carbons (Fsp3) is 0.667. The van der Waals surface area contributed by atoms with Crippen LogP contribution in [0.2, 0.25) is 0 Å². The second kappa shape index (κ2) is 9.18. The number of nitrogens with zero attached hydrogens (tertiary/aromatic N) is 3. The summed E-state index contributed by atoms with van der Waals surface area (Å²) in [6.45, 7) is 11.2. The zero-order valence-electron chi connectivity index (χ0n) is 17.4. The molecule has 0 radical (unpaired) electrons. The highest BCUT2D eigenvalue weighted by atomic mass is 32.1. The van der Waals surface area contributed by atoms with E-state index in [2.05, 4.69) is 23.7 Å². The number of carbonyl (C=O) groups is 1. The molecule has 0 atom stereocenters. The van der Waals surface area contributed by atoms with Crippen LogP contribution in [0.3, 0.4) is 0 Å². The van der Waals surface area contributed by atoms with E-state index in [0.29, 0.717) is 33.0 Å². The van der Waals surface area contributed by atoms with E-state index in [4.69, 9.17) is 4.74 Å². The minimum atomic E-state index is -0.306. The summed E-state index contributed by atoms with van der Waals surface area (Å²) in [7, 11) is 0. The first-order valence-corrected chi connectivity index (χ1v) is 11.2. The lowest BCUT2D eigenvalue weighted by atomic mass is 9.98. The van der Waals surface area contributed by atoms with E-state index in [9.17, 15) is 9.59 Å². The summed E-state index contributed by atoms with van der Waals surface area (Å²) in [5, 5.41) is 0.561. The summed E-state index contributed by atoms with van der Waals surface area (Å²) in [4.78, 5) is 33.9. The van der Waals surface area contributed by atoms with Crippen molar-refractivity contribution >= 4 is 27.5 Å². The highest BCUT2D eigenvalue weighted by Crippen LogP contribution is 2.29. The number of fused-ring (bicyclic) bond motifs is 1. The summed E-state index contributed by atoms with van der Waals surface area (Å²) in [6.07, 6.45) is 5.32. The maximum absolute atomic E-state index is 13.1. The Morgan fingerprint density at radius 3 is 2.54 bits per heavy atom. The van der Waals surface area contributed by atoms with Crippen molar-refractivity contribution in [2.24, 2.45) is 0 Å². The third-order valence-electron chi connectivity index (χ3n) is 5.79. The van der Waals surface area contributed by atoms with E-state index < -0.39 is 0 Å². The Labute approximate surface area is 170 Å². The molecule has 0 bridgehead atoms. The van der Waals surface area contributed by atoms with E-state index in [1.807, 2.05) is 13.8 Å². The van der Waals surface area contributed by atoms with Gasteiger partial charge in [-0.15, -0.1) is 11.3 Å². The fourth-order valence-electron chi connectivity index (χ4n) is 3.95. The molecule has 154 valence electrons. The van der Waals surface area contributed by atoms with Crippen LogP contribution in [0.4, 0.5) is 0 Å². The SMILES string of the molecule is CCN(CC)CCn1c(C)nc2sc(C(=O)OC3CCCCC3)c(C)c2c1=O. The summed E-state index contributed by atoms with van der Waals surface area (Å²) in [5.41, 5.74) is 0.648. The number of hydrogen-bond donors (Lipinski definition) is 0. The smallest absolute Gasteiger partial charge is 0.348 e. The maximum atomic E-state index is 13.1. The first-order valence-electron chi connectivity index (χ1n) is 10.4. The molecule has 2 heterocycles. The van der Waals surface area contributed by atoms with E-state index in [1.54, 1.807) is 4.57 Å². The monoisotopic (exact) mass is 405 g/mol. The van der Waals surface area contributed by atoms with Gasteiger partial charge in [-0.2, -0.15) is 0 Å². The van der Waals surface area contributed by atoms with E-state index >= 15 is 0 Å². The minimum absolute atomic E-state index is 0.00582. The number of esters is 1. The molecule has 1 saturated carbocycles. The van der Waals surface area contributed by atoms with Gasteiger partial charge in [0.1, 0.15) is 21.6 Å². The Kier molecular flexibility index (Phi) is 6.88. The lowest BCUT2D eigenvalue weighted by Gasteiger charge is -2.21. The standard InChI is InChI=1S/C21H31N3O3S/c1-5-23(6-2)12-13-24-15(4)22-19-17(20(24)25)14(3)18(28-19)21(26)27-16-10-8-7-9-11-16/h16H,5-13H2,1-4H3. The van der Waals surface area contributed by atoms with Gasteiger partial charge in [0.05, 0.1) is 5.39 Å². The Morgan fingerprint density at radius 2 is 1.89 bits per heavy atom. The quantitative estimate of drug-likeness (QED) is 0.654. The van der Waals surface area contributed by atoms with Crippen LogP contribution in [-0.2, 0) is 11.3 Å². The van der Waals surface area contributed by atoms with Crippen molar-refractivity contribution in [1.82, 2.24) is 14.5 Å². The molecule has 28 heavy (non-hydrogen) atoms. The predicted molar refractivity (Wildman–Crippen MR) is 113 cm³/mol. The van der Waals surface area contributed by atoms with E-state index in [-0.39, 0.29) is 17.6 Å². The first kappa shape index (κ1) is 21.0. The van der Waals surface area contributed by atoms with E-state index in [1.165, 1.54) is 17.8 Å². The molecule has 0 saturated heterocycles. The number of thiophene rings is 1. The highest BCUT2D eigenvalue weighted by Gasteiger charge is 2.25. The number of aryl methyl sites for hydroxylation is 2. The van der Waals surface area contributed by atoms with Crippen molar-refractivity contribution in [3.63, 3.8) is 0 Å². The van der Waals surface area contributed by atoms with Gasteiger partial charge in [0, 0.05) is 13.1 Å². The number of hydrogen-bond acceptors (Lipinski definition) is 6. The van der Waals surface area contributed by atoms with Crippen molar-refractivity contribution in [2.75, 3.05) is 19.6 Å². The third-order valence-corrected chi connectivity index (χ3v) is 6.95. The molecule has 3 rings (SSSR count). The van der Waals surface area contributed by atoms with Crippen LogP contribution in [0.5, 0.6) is 0 Å². The van der Waals surface area contributed by atoms with Crippen LogP contribution < -0.4 is 5.56 Å².